The van der Waals surface area contributed by atoms with Gasteiger partial charge < -0.3 is 9.30 Å². The van der Waals surface area contributed by atoms with E-state index in [0.717, 1.165) is 16.2 Å². The number of para-hydroxylation sites is 1. The van der Waals surface area contributed by atoms with Crippen molar-refractivity contribution in [2.45, 2.75) is 26.5 Å². The van der Waals surface area contributed by atoms with Gasteiger partial charge in [-0.15, -0.1) is 0 Å². The molecule has 0 amide bonds. The van der Waals surface area contributed by atoms with Crippen LogP contribution in [-0.2, 0) is 6.61 Å². The monoisotopic (exact) mass is 294 g/mol. The Balaban J connectivity index is 2.02. The second-order valence-electron chi connectivity index (χ2n) is 4.10. The van der Waals surface area contributed by atoms with Crippen molar-refractivity contribution >= 4 is 15.9 Å². The highest BCUT2D eigenvalue weighted by Gasteiger charge is 2.08. The van der Waals surface area contributed by atoms with Crippen molar-refractivity contribution in [1.29, 1.82) is 0 Å². The molecule has 3 nitrogen and oxygen atoms in total. The largest absolute Gasteiger partial charge is 0.487 e. The summed E-state index contributed by atoms with van der Waals surface area (Å²) in [6.07, 6.45) is 2.01. The van der Waals surface area contributed by atoms with Crippen LogP contribution in [0.2, 0.25) is 0 Å². The summed E-state index contributed by atoms with van der Waals surface area (Å²) in [6.45, 7) is 4.73. The lowest BCUT2D eigenvalue weighted by Gasteiger charge is -2.06. The van der Waals surface area contributed by atoms with Crippen LogP contribution in [0, 0.1) is 0 Å². The lowest BCUT2D eigenvalue weighted by molar-refractivity contribution is 0.301. The van der Waals surface area contributed by atoms with Crippen molar-refractivity contribution in [3.05, 3.63) is 47.0 Å². The van der Waals surface area contributed by atoms with E-state index in [1.165, 1.54) is 0 Å². The topological polar surface area (TPSA) is 27.1 Å². The van der Waals surface area contributed by atoms with Gasteiger partial charge in [-0.25, -0.2) is 4.98 Å². The van der Waals surface area contributed by atoms with E-state index < -0.39 is 0 Å². The summed E-state index contributed by atoms with van der Waals surface area (Å²) in [5.74, 6) is 0.864. The van der Waals surface area contributed by atoms with Crippen molar-refractivity contribution in [3.8, 4) is 5.75 Å². The van der Waals surface area contributed by atoms with Crippen molar-refractivity contribution < 1.29 is 4.74 Å². The third-order valence-electron chi connectivity index (χ3n) is 2.42. The molecule has 1 aromatic carbocycles. The van der Waals surface area contributed by atoms with Gasteiger partial charge in [-0.2, -0.15) is 0 Å². The molecular formula is C13H15BrN2O. The molecule has 0 bridgehead atoms. The zero-order chi connectivity index (χ0) is 12.3. The molecule has 1 aromatic heterocycles. The molecule has 90 valence electrons. The summed E-state index contributed by atoms with van der Waals surface area (Å²) >= 11 is 3.44. The molecule has 17 heavy (non-hydrogen) atoms. The minimum Gasteiger partial charge on any atom is -0.487 e. The van der Waals surface area contributed by atoms with E-state index in [1.54, 1.807) is 0 Å². The van der Waals surface area contributed by atoms with E-state index in [9.17, 15) is 0 Å². The number of rotatable bonds is 4. The molecule has 4 heteroatoms. The average Bonchev–Trinajstić information content (AvgIpc) is 2.69. The Morgan fingerprint density at radius 1 is 1.29 bits per heavy atom. The molecule has 1 heterocycles. The second-order valence-corrected chi connectivity index (χ2v) is 4.81. The number of nitrogens with zero attached hydrogens (tertiary/aromatic N) is 2. The van der Waals surface area contributed by atoms with Gasteiger partial charge in [0.05, 0.1) is 5.69 Å². The zero-order valence-electron chi connectivity index (χ0n) is 9.93. The van der Waals surface area contributed by atoms with Crippen LogP contribution in [0.25, 0.3) is 0 Å². The van der Waals surface area contributed by atoms with E-state index >= 15 is 0 Å². The molecule has 0 saturated heterocycles. The first-order valence-corrected chi connectivity index (χ1v) is 6.37. The predicted molar refractivity (Wildman–Crippen MR) is 71.1 cm³/mol. The van der Waals surface area contributed by atoms with Gasteiger partial charge in [0, 0.05) is 12.2 Å². The van der Waals surface area contributed by atoms with Gasteiger partial charge in [0.1, 0.15) is 12.4 Å². The van der Waals surface area contributed by atoms with Crippen LogP contribution in [0.1, 0.15) is 25.6 Å². The molecule has 2 aromatic rings. The standard InChI is InChI=1S/C13H15BrN2O/c1-10(2)16-8-11(15-13(16)14)9-17-12-6-4-3-5-7-12/h3-8,10H,9H2,1-2H3. The first kappa shape index (κ1) is 12.2. The van der Waals surface area contributed by atoms with Crippen LogP contribution in [0.3, 0.4) is 0 Å². The van der Waals surface area contributed by atoms with Crippen LogP contribution < -0.4 is 4.74 Å². The summed E-state index contributed by atoms with van der Waals surface area (Å²) in [5, 5.41) is 0. The lowest BCUT2D eigenvalue weighted by atomic mass is 10.3. The van der Waals surface area contributed by atoms with E-state index in [1.807, 2.05) is 36.5 Å². The van der Waals surface area contributed by atoms with Gasteiger partial charge in [-0.05, 0) is 41.9 Å². The number of hydrogen-bond donors (Lipinski definition) is 0. The zero-order valence-corrected chi connectivity index (χ0v) is 11.5. The van der Waals surface area contributed by atoms with Crippen molar-refractivity contribution in [3.63, 3.8) is 0 Å². The molecular weight excluding hydrogens is 280 g/mol. The SMILES string of the molecule is CC(C)n1cc(COc2ccccc2)nc1Br. The van der Waals surface area contributed by atoms with Gasteiger partial charge >= 0.3 is 0 Å². The summed E-state index contributed by atoms with van der Waals surface area (Å²) in [5.41, 5.74) is 0.925. The summed E-state index contributed by atoms with van der Waals surface area (Å²) in [7, 11) is 0. The second kappa shape index (κ2) is 5.36. The number of aromatic nitrogens is 2. The fourth-order valence-corrected chi connectivity index (χ4v) is 2.26. The molecule has 2 rings (SSSR count). The van der Waals surface area contributed by atoms with Crippen molar-refractivity contribution in [2.75, 3.05) is 0 Å². The molecule has 0 aliphatic carbocycles. The summed E-state index contributed by atoms with van der Waals surface area (Å²) < 4.78 is 8.56. The minimum absolute atomic E-state index is 0.391. The Bertz CT molecular complexity index is 479. The number of imidazole rings is 1. The summed E-state index contributed by atoms with van der Waals surface area (Å²) in [6, 6.07) is 10.2. The Labute approximate surface area is 110 Å². The third-order valence-corrected chi connectivity index (χ3v) is 3.01. The predicted octanol–water partition coefficient (Wildman–Crippen LogP) is 3.81. The Morgan fingerprint density at radius 3 is 2.59 bits per heavy atom. The van der Waals surface area contributed by atoms with E-state index in [-0.39, 0.29) is 0 Å². The maximum atomic E-state index is 5.64. The number of halogens is 1. The van der Waals surface area contributed by atoms with E-state index in [0.29, 0.717) is 12.6 Å². The van der Waals surface area contributed by atoms with Crippen LogP contribution in [0.4, 0.5) is 0 Å². The molecule has 0 spiro atoms. The average molecular weight is 295 g/mol. The maximum Gasteiger partial charge on any atom is 0.177 e. The minimum atomic E-state index is 0.391. The highest BCUT2D eigenvalue weighted by molar-refractivity contribution is 9.10. The summed E-state index contributed by atoms with van der Waals surface area (Å²) in [4.78, 5) is 4.40. The number of benzene rings is 1. The van der Waals surface area contributed by atoms with Gasteiger partial charge in [0.2, 0.25) is 0 Å². The fraction of sp³-hybridized carbons (Fsp3) is 0.308. The molecule has 0 atom stereocenters. The van der Waals surface area contributed by atoms with Crippen molar-refractivity contribution in [1.82, 2.24) is 9.55 Å². The Morgan fingerprint density at radius 2 is 2.00 bits per heavy atom. The van der Waals surface area contributed by atoms with Crippen molar-refractivity contribution in [2.24, 2.45) is 0 Å². The highest BCUT2D eigenvalue weighted by atomic mass is 79.9. The van der Waals surface area contributed by atoms with Crippen LogP contribution in [-0.4, -0.2) is 9.55 Å². The van der Waals surface area contributed by atoms with Gasteiger partial charge in [0.15, 0.2) is 4.73 Å². The van der Waals surface area contributed by atoms with Crippen LogP contribution in [0.5, 0.6) is 5.75 Å². The van der Waals surface area contributed by atoms with Gasteiger partial charge in [0.25, 0.3) is 0 Å². The Kier molecular flexibility index (Phi) is 3.84. The number of ether oxygens (including phenoxy) is 1. The van der Waals surface area contributed by atoms with E-state index in [4.69, 9.17) is 4.74 Å². The third kappa shape index (κ3) is 3.09. The molecule has 0 saturated carbocycles. The molecule has 0 aliphatic rings. The quantitative estimate of drug-likeness (QED) is 0.857. The molecule has 0 N–H and O–H groups in total. The number of hydrogen-bond acceptors (Lipinski definition) is 2. The first-order valence-electron chi connectivity index (χ1n) is 5.58. The smallest absolute Gasteiger partial charge is 0.177 e. The molecule has 0 fully saturated rings. The van der Waals surface area contributed by atoms with Gasteiger partial charge in [-0.3, -0.25) is 0 Å². The van der Waals surface area contributed by atoms with Crippen LogP contribution >= 0.6 is 15.9 Å². The van der Waals surface area contributed by atoms with Gasteiger partial charge in [-0.1, -0.05) is 18.2 Å². The normalized spacial score (nSPS) is 10.8. The van der Waals surface area contributed by atoms with Crippen LogP contribution in [0.15, 0.2) is 41.3 Å². The maximum absolute atomic E-state index is 5.64. The first-order chi connectivity index (χ1) is 8.16. The molecule has 0 unspecified atom stereocenters. The van der Waals surface area contributed by atoms with E-state index in [2.05, 4.69) is 39.3 Å². The molecule has 0 radical (unpaired) electrons. The lowest BCUT2D eigenvalue weighted by Crippen LogP contribution is -1.99. The molecule has 0 aliphatic heterocycles. The Hall–Kier alpha value is -1.29. The fourth-order valence-electron chi connectivity index (χ4n) is 1.52. The highest BCUT2D eigenvalue weighted by Crippen LogP contribution is 2.18.